The molecular formula is C11H15BrNO2+. The summed E-state index contributed by atoms with van der Waals surface area (Å²) < 4.78 is 7.32. The highest BCUT2D eigenvalue weighted by Crippen LogP contribution is 2.26. The molecule has 0 radical (unpaired) electrons. The van der Waals surface area contributed by atoms with Gasteiger partial charge in [0.2, 0.25) is 0 Å². The van der Waals surface area contributed by atoms with Gasteiger partial charge in [-0.1, -0.05) is 15.9 Å². The Hall–Kier alpha value is -0.900. The topological polar surface area (TPSA) is 29.3 Å². The zero-order valence-electron chi connectivity index (χ0n) is 9.16. The molecular weight excluding hydrogens is 258 g/mol. The molecule has 1 aromatic carbocycles. The minimum Gasteiger partial charge on any atom is -0.491 e. The van der Waals surface area contributed by atoms with E-state index in [1.807, 2.05) is 26.8 Å². The van der Waals surface area contributed by atoms with Gasteiger partial charge in [0.15, 0.2) is 6.54 Å². The van der Waals surface area contributed by atoms with Crippen molar-refractivity contribution in [2.75, 3.05) is 6.54 Å². The van der Waals surface area contributed by atoms with Crippen LogP contribution in [-0.4, -0.2) is 17.4 Å². The molecule has 0 amide bonds. The summed E-state index contributed by atoms with van der Waals surface area (Å²) in [5, 5.41) is 0. The van der Waals surface area contributed by atoms with Crippen molar-refractivity contribution in [3.05, 3.63) is 27.6 Å². The lowest BCUT2D eigenvalue weighted by Gasteiger charge is -2.09. The maximum absolute atomic E-state index is 11.4. The molecule has 0 aromatic heterocycles. The fraction of sp³-hybridized carbons (Fsp3) is 0.455. The first-order valence-electron chi connectivity index (χ1n) is 4.95. The van der Waals surface area contributed by atoms with Crippen LogP contribution in [0.1, 0.15) is 20.8 Å². The number of benzene rings is 1. The van der Waals surface area contributed by atoms with Gasteiger partial charge in [0.1, 0.15) is 5.75 Å². The molecule has 0 spiro atoms. The van der Waals surface area contributed by atoms with Crippen molar-refractivity contribution in [3.8, 4) is 5.75 Å². The van der Waals surface area contributed by atoms with Crippen LogP contribution < -0.4 is 4.74 Å². The van der Waals surface area contributed by atoms with Crippen LogP contribution in [0.5, 0.6) is 5.75 Å². The average Bonchev–Trinajstić information content (AvgIpc) is 2.14. The van der Waals surface area contributed by atoms with E-state index >= 15 is 0 Å². The number of hydrogen-bond acceptors (Lipinski definition) is 2. The molecule has 1 aromatic rings. The molecule has 0 unspecified atom stereocenters. The minimum atomic E-state index is 0.105. The van der Waals surface area contributed by atoms with Gasteiger partial charge in [0, 0.05) is 20.2 Å². The fourth-order valence-corrected chi connectivity index (χ4v) is 1.67. The number of hydrogen-bond donors (Lipinski definition) is 0. The van der Waals surface area contributed by atoms with Gasteiger partial charge in [-0.25, -0.2) is 0 Å². The van der Waals surface area contributed by atoms with Gasteiger partial charge in [-0.05, 0) is 26.8 Å². The first-order valence-corrected chi connectivity index (χ1v) is 5.74. The zero-order valence-corrected chi connectivity index (χ0v) is 10.7. The summed E-state index contributed by atoms with van der Waals surface area (Å²) in [6, 6.07) is 5.39. The maximum Gasteiger partial charge on any atom is 0.260 e. The number of nitrogens with zero attached hydrogens (tertiary/aromatic N) is 1. The van der Waals surface area contributed by atoms with Gasteiger partial charge in [-0.15, -0.1) is 0 Å². The van der Waals surface area contributed by atoms with Crippen LogP contribution in [0, 0.1) is 4.91 Å². The van der Waals surface area contributed by atoms with Crippen molar-refractivity contribution < 1.29 is 9.50 Å². The molecule has 0 aliphatic rings. The second kappa shape index (κ2) is 5.26. The predicted molar refractivity (Wildman–Crippen MR) is 63.7 cm³/mol. The smallest absolute Gasteiger partial charge is 0.260 e. The van der Waals surface area contributed by atoms with Crippen LogP contribution in [0.15, 0.2) is 22.7 Å². The van der Waals surface area contributed by atoms with E-state index < -0.39 is 0 Å². The van der Waals surface area contributed by atoms with Crippen LogP contribution in [0.4, 0.5) is 5.69 Å². The van der Waals surface area contributed by atoms with Crippen molar-refractivity contribution in [2.45, 2.75) is 26.9 Å². The lowest BCUT2D eigenvalue weighted by molar-refractivity contribution is -0.458. The second-order valence-electron chi connectivity index (χ2n) is 3.51. The number of nitroso groups, excluding NO2 is 1. The van der Waals surface area contributed by atoms with Crippen molar-refractivity contribution in [3.63, 3.8) is 0 Å². The molecule has 1 rings (SSSR count). The minimum absolute atomic E-state index is 0.105. The molecule has 15 heavy (non-hydrogen) atoms. The van der Waals surface area contributed by atoms with Gasteiger partial charge < -0.3 is 4.74 Å². The first kappa shape index (κ1) is 12.2. The van der Waals surface area contributed by atoms with Crippen LogP contribution in [-0.2, 0) is 0 Å². The van der Waals surface area contributed by atoms with Crippen molar-refractivity contribution in [2.24, 2.45) is 0 Å². The zero-order chi connectivity index (χ0) is 11.4. The Kier molecular flexibility index (Phi) is 4.27. The first-order chi connectivity index (χ1) is 7.02. The van der Waals surface area contributed by atoms with Crippen LogP contribution in [0.25, 0.3) is 0 Å². The summed E-state index contributed by atoms with van der Waals surface area (Å²) in [7, 11) is 0. The summed E-state index contributed by atoms with van der Waals surface area (Å²) in [4.78, 5) is 11.4. The quantitative estimate of drug-likeness (QED) is 0.783. The largest absolute Gasteiger partial charge is 0.491 e. The van der Waals surface area contributed by atoms with Gasteiger partial charge in [-0.3, -0.25) is 0 Å². The van der Waals surface area contributed by atoms with Crippen LogP contribution in [0.3, 0.4) is 0 Å². The van der Waals surface area contributed by atoms with E-state index in [2.05, 4.69) is 15.9 Å². The lowest BCUT2D eigenvalue weighted by Crippen LogP contribution is -2.06. The number of rotatable bonds is 4. The normalized spacial score (nSPS) is 10.5. The Morgan fingerprint density at radius 1 is 1.40 bits per heavy atom. The third-order valence-electron chi connectivity index (χ3n) is 1.80. The highest BCUT2D eigenvalue weighted by Gasteiger charge is 2.13. The lowest BCUT2D eigenvalue weighted by atomic mass is 10.3. The van der Waals surface area contributed by atoms with Gasteiger partial charge >= 0.3 is 0 Å². The maximum atomic E-state index is 11.4. The molecule has 0 saturated carbocycles. The van der Waals surface area contributed by atoms with Crippen molar-refractivity contribution >= 4 is 21.6 Å². The summed E-state index contributed by atoms with van der Waals surface area (Å²) in [6.07, 6.45) is 0.105. The highest BCUT2D eigenvalue weighted by atomic mass is 79.9. The van der Waals surface area contributed by atoms with E-state index in [0.717, 1.165) is 9.23 Å². The number of halogens is 1. The molecule has 0 bridgehead atoms. The standard InChI is InChI=1S/C11H15BrNO2/c1-4-13(14)10-5-9(12)6-11(7-10)15-8(2)3/h5-8H,4H2,1-3H3/q+1. The van der Waals surface area contributed by atoms with Gasteiger partial charge in [0.05, 0.1) is 12.2 Å². The third-order valence-corrected chi connectivity index (χ3v) is 2.26. The van der Waals surface area contributed by atoms with Crippen molar-refractivity contribution in [1.82, 2.24) is 0 Å². The Labute approximate surface area is 98.1 Å². The second-order valence-corrected chi connectivity index (χ2v) is 4.42. The summed E-state index contributed by atoms with van der Waals surface area (Å²) in [5.41, 5.74) is 0.613. The summed E-state index contributed by atoms with van der Waals surface area (Å²) in [6.45, 7) is 6.15. The molecule has 3 nitrogen and oxygen atoms in total. The van der Waals surface area contributed by atoms with E-state index in [0.29, 0.717) is 18.0 Å². The molecule has 4 heteroatoms. The Bertz CT molecular complexity index is 364. The van der Waals surface area contributed by atoms with E-state index in [1.54, 1.807) is 12.1 Å². The average molecular weight is 273 g/mol. The fourth-order valence-electron chi connectivity index (χ4n) is 1.21. The number of ether oxygens (including phenoxy) is 1. The molecule has 0 N–H and O–H groups in total. The molecule has 0 aliphatic heterocycles. The SMILES string of the molecule is CC[N+](=O)c1cc(Br)cc(OC(C)C)c1. The van der Waals surface area contributed by atoms with E-state index in [9.17, 15) is 4.91 Å². The molecule has 0 atom stereocenters. The van der Waals surface area contributed by atoms with Gasteiger partial charge in [-0.2, -0.15) is 0 Å². The predicted octanol–water partition coefficient (Wildman–Crippen LogP) is 3.67. The van der Waals surface area contributed by atoms with Crippen LogP contribution in [0.2, 0.25) is 0 Å². The van der Waals surface area contributed by atoms with E-state index in [4.69, 9.17) is 4.74 Å². The van der Waals surface area contributed by atoms with Crippen molar-refractivity contribution in [1.29, 1.82) is 0 Å². The monoisotopic (exact) mass is 272 g/mol. The molecule has 0 heterocycles. The summed E-state index contributed by atoms with van der Waals surface area (Å²) in [5.74, 6) is 0.712. The van der Waals surface area contributed by atoms with E-state index in [-0.39, 0.29) is 6.10 Å². The Morgan fingerprint density at radius 2 is 2.07 bits per heavy atom. The Balaban J connectivity index is 2.99. The third kappa shape index (κ3) is 3.63. The molecule has 0 aliphatic carbocycles. The summed E-state index contributed by atoms with van der Waals surface area (Å²) >= 11 is 3.35. The molecule has 0 fully saturated rings. The van der Waals surface area contributed by atoms with Crippen LogP contribution >= 0.6 is 15.9 Å². The highest BCUT2D eigenvalue weighted by molar-refractivity contribution is 9.10. The molecule has 82 valence electrons. The van der Waals surface area contributed by atoms with E-state index in [1.165, 1.54) is 0 Å². The Morgan fingerprint density at radius 3 is 2.60 bits per heavy atom. The van der Waals surface area contributed by atoms with Gasteiger partial charge in [0.25, 0.3) is 5.69 Å². The molecule has 0 saturated heterocycles.